The molecular formula is C24H42O8. The maximum absolute atomic E-state index is 12.0. The number of rotatable bonds is 15. The van der Waals surface area contributed by atoms with Gasteiger partial charge in [0.1, 0.15) is 18.3 Å². The third kappa shape index (κ3) is 9.29. The summed E-state index contributed by atoms with van der Waals surface area (Å²) in [4.78, 5) is 12.0. The molecule has 0 amide bonds. The molecule has 1 aliphatic rings. The van der Waals surface area contributed by atoms with Crippen LogP contribution in [0, 0.1) is 0 Å². The molecular weight excluding hydrogens is 416 g/mol. The van der Waals surface area contributed by atoms with E-state index in [0.29, 0.717) is 6.42 Å². The van der Waals surface area contributed by atoms with E-state index in [2.05, 4.69) is 31.2 Å². The number of unbranched alkanes of at least 4 members (excludes halogenated alkanes) is 8. The summed E-state index contributed by atoms with van der Waals surface area (Å²) in [6, 6.07) is 0. The summed E-state index contributed by atoms with van der Waals surface area (Å²) in [7, 11) is 0. The summed E-state index contributed by atoms with van der Waals surface area (Å²) in [6.07, 6.45) is 9.93. The van der Waals surface area contributed by atoms with Crippen LogP contribution in [0.3, 0.4) is 0 Å². The van der Waals surface area contributed by atoms with Gasteiger partial charge in [-0.2, -0.15) is 0 Å². The highest BCUT2D eigenvalue weighted by molar-refractivity contribution is 5.69. The summed E-state index contributed by atoms with van der Waals surface area (Å²) in [5, 5.41) is 58.9. The number of hydrogen-bond acceptors (Lipinski definition) is 8. The number of aliphatic hydroxyl groups excluding tert-OH is 5. The van der Waals surface area contributed by atoms with E-state index >= 15 is 0 Å². The molecule has 0 heterocycles. The van der Waals surface area contributed by atoms with E-state index in [1.807, 2.05) is 0 Å². The zero-order valence-electron chi connectivity index (χ0n) is 19.2. The van der Waals surface area contributed by atoms with Crippen molar-refractivity contribution in [3.8, 4) is 0 Å². The minimum Gasteiger partial charge on any atom is -0.427 e. The third-order valence-corrected chi connectivity index (χ3v) is 5.80. The molecule has 1 fully saturated rings. The molecule has 186 valence electrons. The van der Waals surface area contributed by atoms with Gasteiger partial charge in [0.15, 0.2) is 12.2 Å². The molecule has 0 unspecified atom stereocenters. The first kappa shape index (κ1) is 28.7. The average molecular weight is 459 g/mol. The van der Waals surface area contributed by atoms with Gasteiger partial charge in [-0.05, 0) is 38.5 Å². The fourth-order valence-electron chi connectivity index (χ4n) is 3.67. The minimum absolute atomic E-state index is 0.0407. The Morgan fingerprint density at radius 3 is 1.81 bits per heavy atom. The topological polar surface area (TPSA) is 148 Å². The van der Waals surface area contributed by atoms with Crippen molar-refractivity contribution in [2.45, 2.75) is 120 Å². The fraction of sp³-hybridized carbons (Fsp3) is 0.792. The molecule has 6 N–H and O–H groups in total. The first-order valence-corrected chi connectivity index (χ1v) is 11.9. The van der Waals surface area contributed by atoms with Crippen LogP contribution in [-0.4, -0.2) is 72.9 Å². The zero-order chi connectivity index (χ0) is 24.0. The van der Waals surface area contributed by atoms with Crippen LogP contribution in [0.15, 0.2) is 24.3 Å². The van der Waals surface area contributed by atoms with Gasteiger partial charge in [0.05, 0.1) is 0 Å². The molecule has 6 atom stereocenters. The maximum atomic E-state index is 12.0. The Kier molecular flexibility index (Phi) is 13.9. The van der Waals surface area contributed by atoms with Gasteiger partial charge >= 0.3 is 5.97 Å². The quantitative estimate of drug-likeness (QED) is 0.0943. The number of carbonyl (C=O) groups excluding carboxylic acids is 1. The number of aliphatic hydroxyl groups is 6. The Labute approximate surface area is 191 Å². The largest absolute Gasteiger partial charge is 0.427 e. The average Bonchev–Trinajstić information content (AvgIpc) is 2.78. The summed E-state index contributed by atoms with van der Waals surface area (Å²) >= 11 is 0. The van der Waals surface area contributed by atoms with Gasteiger partial charge in [-0.15, -0.1) is 0 Å². The van der Waals surface area contributed by atoms with Crippen molar-refractivity contribution >= 4 is 5.97 Å². The van der Waals surface area contributed by atoms with Crippen molar-refractivity contribution in [3.63, 3.8) is 0 Å². The lowest BCUT2D eigenvalue weighted by atomic mass is 9.82. The van der Waals surface area contributed by atoms with Gasteiger partial charge < -0.3 is 35.4 Å². The van der Waals surface area contributed by atoms with Crippen molar-refractivity contribution in [3.05, 3.63) is 24.3 Å². The van der Waals surface area contributed by atoms with E-state index in [4.69, 9.17) is 4.74 Å². The van der Waals surface area contributed by atoms with Crippen LogP contribution in [-0.2, 0) is 9.53 Å². The van der Waals surface area contributed by atoms with E-state index in [1.54, 1.807) is 0 Å². The van der Waals surface area contributed by atoms with Gasteiger partial charge in [0.2, 0.25) is 0 Å². The molecule has 8 nitrogen and oxygen atoms in total. The van der Waals surface area contributed by atoms with Crippen molar-refractivity contribution in [1.29, 1.82) is 0 Å². The van der Waals surface area contributed by atoms with Crippen molar-refractivity contribution in [2.24, 2.45) is 0 Å². The second-order valence-corrected chi connectivity index (χ2v) is 8.57. The number of hydrogen-bond donors (Lipinski definition) is 6. The predicted molar refractivity (Wildman–Crippen MR) is 120 cm³/mol. The number of esters is 1. The number of carbonyl (C=O) groups is 1. The first-order valence-electron chi connectivity index (χ1n) is 11.9. The van der Waals surface area contributed by atoms with E-state index in [-0.39, 0.29) is 6.42 Å². The van der Waals surface area contributed by atoms with E-state index < -0.39 is 42.3 Å². The van der Waals surface area contributed by atoms with Crippen molar-refractivity contribution in [2.75, 3.05) is 0 Å². The molecule has 0 bridgehead atoms. The van der Waals surface area contributed by atoms with E-state index in [0.717, 1.165) is 44.9 Å². The molecule has 0 saturated heterocycles. The number of allylic oxidation sites excluding steroid dienone is 4. The molecule has 8 heteroatoms. The highest BCUT2D eigenvalue weighted by atomic mass is 16.7. The minimum atomic E-state index is -2.88. The van der Waals surface area contributed by atoms with Gasteiger partial charge in [-0.1, -0.05) is 63.3 Å². The molecule has 32 heavy (non-hydrogen) atoms. The molecule has 0 radical (unpaired) electrons. The Morgan fingerprint density at radius 1 is 0.750 bits per heavy atom. The van der Waals surface area contributed by atoms with Crippen LogP contribution in [0.5, 0.6) is 0 Å². The summed E-state index contributed by atoms with van der Waals surface area (Å²) in [5.74, 6) is -3.75. The van der Waals surface area contributed by atoms with Crippen LogP contribution in [0.2, 0.25) is 0 Å². The Bertz CT molecular complexity index is 560. The predicted octanol–water partition coefficient (Wildman–Crippen LogP) is 1.85. The SMILES string of the molecule is CCCCC/C=C\C/C=C\CCCCCCCC(=O)O[C@]1(O)[C@H](O)[C@H](O)[C@@H](O)[C@H](O)[C@H]1O. The Hall–Kier alpha value is -1.29. The fourth-order valence-corrected chi connectivity index (χ4v) is 3.67. The maximum Gasteiger partial charge on any atom is 0.308 e. The monoisotopic (exact) mass is 458 g/mol. The van der Waals surface area contributed by atoms with E-state index in [1.165, 1.54) is 19.3 Å². The molecule has 0 aromatic heterocycles. The summed E-state index contributed by atoms with van der Waals surface area (Å²) in [5.41, 5.74) is 0. The van der Waals surface area contributed by atoms with Crippen LogP contribution in [0.1, 0.15) is 84.0 Å². The van der Waals surface area contributed by atoms with Gasteiger partial charge in [0, 0.05) is 6.42 Å². The van der Waals surface area contributed by atoms with Gasteiger partial charge in [-0.3, -0.25) is 4.79 Å². The zero-order valence-corrected chi connectivity index (χ0v) is 19.2. The van der Waals surface area contributed by atoms with Crippen molar-refractivity contribution < 1.29 is 40.2 Å². The summed E-state index contributed by atoms with van der Waals surface area (Å²) < 4.78 is 4.78. The molecule has 0 aromatic carbocycles. The molecule has 0 aliphatic heterocycles. The highest BCUT2D eigenvalue weighted by Gasteiger charge is 2.60. The van der Waals surface area contributed by atoms with Crippen LogP contribution >= 0.6 is 0 Å². The molecule has 0 aromatic rings. The lowest BCUT2D eigenvalue weighted by molar-refractivity contribution is -0.347. The number of ether oxygens (including phenoxy) is 1. The molecule has 1 aliphatic carbocycles. The summed E-state index contributed by atoms with van der Waals surface area (Å²) in [6.45, 7) is 2.20. The highest BCUT2D eigenvalue weighted by Crippen LogP contribution is 2.32. The van der Waals surface area contributed by atoms with Gasteiger partial charge in [-0.25, -0.2) is 0 Å². The second kappa shape index (κ2) is 15.5. The van der Waals surface area contributed by atoms with Gasteiger partial charge in [0.25, 0.3) is 5.79 Å². The lowest BCUT2D eigenvalue weighted by Crippen LogP contribution is -2.72. The standard InChI is InChI=1S/C24H42O8/c1-2-3-4-5-6-7-8-9-10-11-12-13-14-15-16-17-18(25)32-24(31)22(29)20(27)19(26)21(28)23(24)30/h6-7,9-10,19-23,26-31H,2-5,8,11-17H2,1H3/b7-6-,10-9-/t19-,20-,21+,22-,23-,24-/m1/s1. The van der Waals surface area contributed by atoms with E-state index in [9.17, 15) is 35.4 Å². The lowest BCUT2D eigenvalue weighted by Gasteiger charge is -2.46. The van der Waals surface area contributed by atoms with Crippen LogP contribution < -0.4 is 0 Å². The van der Waals surface area contributed by atoms with Crippen LogP contribution in [0.4, 0.5) is 0 Å². The second-order valence-electron chi connectivity index (χ2n) is 8.57. The molecule has 1 saturated carbocycles. The molecule has 1 rings (SSSR count). The smallest absolute Gasteiger partial charge is 0.308 e. The Balaban J connectivity index is 2.13. The molecule has 0 spiro atoms. The van der Waals surface area contributed by atoms with Crippen molar-refractivity contribution in [1.82, 2.24) is 0 Å². The first-order chi connectivity index (χ1) is 15.3. The van der Waals surface area contributed by atoms with Crippen LogP contribution in [0.25, 0.3) is 0 Å². The third-order valence-electron chi connectivity index (χ3n) is 5.80. The Morgan fingerprint density at radius 2 is 1.25 bits per heavy atom. The normalized spacial score (nSPS) is 30.9.